The van der Waals surface area contributed by atoms with Gasteiger partial charge in [-0.2, -0.15) is 0 Å². The van der Waals surface area contributed by atoms with Crippen molar-refractivity contribution in [2.45, 2.75) is 0 Å². The van der Waals surface area contributed by atoms with Crippen molar-refractivity contribution in [2.24, 2.45) is 0 Å². The zero-order valence-electron chi connectivity index (χ0n) is 15.4. The van der Waals surface area contributed by atoms with Gasteiger partial charge in [-0.3, -0.25) is 0 Å². The van der Waals surface area contributed by atoms with Gasteiger partial charge in [0.15, 0.2) is 0 Å². The predicted molar refractivity (Wildman–Crippen MR) is 119 cm³/mol. The van der Waals surface area contributed by atoms with E-state index < -0.39 is 7.26 Å². The molecule has 0 bridgehead atoms. The van der Waals surface area contributed by atoms with Crippen LogP contribution in [0.5, 0.6) is 5.75 Å². The molecule has 0 radical (unpaired) electrons. The van der Waals surface area contributed by atoms with Crippen molar-refractivity contribution in [1.29, 1.82) is 0 Å². The van der Waals surface area contributed by atoms with E-state index in [1.165, 1.54) is 21.2 Å². The standard InChI is InChI=1S/C25H23OP/c1-26-24-19-11-12-20-25(24)27(21-13-5-2-6-14-21,22-15-7-3-8-16-22)23-17-9-4-10-18-23/h2-20,27H,1H3. The summed E-state index contributed by atoms with van der Waals surface area (Å²) in [7, 11) is -0.728. The van der Waals surface area contributed by atoms with Gasteiger partial charge >= 0.3 is 161 Å². The topological polar surface area (TPSA) is 9.23 Å². The Bertz CT molecular complexity index is 901. The van der Waals surface area contributed by atoms with Crippen LogP contribution in [-0.2, 0) is 0 Å². The molecule has 0 unspecified atom stereocenters. The van der Waals surface area contributed by atoms with Crippen molar-refractivity contribution in [3.05, 3.63) is 115 Å². The molecule has 0 amide bonds. The molecule has 27 heavy (non-hydrogen) atoms. The van der Waals surface area contributed by atoms with Crippen LogP contribution >= 0.6 is 7.26 Å². The molecule has 2 heteroatoms. The molecular weight excluding hydrogens is 347 g/mol. The van der Waals surface area contributed by atoms with Crippen LogP contribution in [0.3, 0.4) is 0 Å². The number of rotatable bonds is 5. The fourth-order valence-corrected chi connectivity index (χ4v) is 8.90. The fraction of sp³-hybridized carbons (Fsp3) is 0.0400. The van der Waals surface area contributed by atoms with E-state index in [2.05, 4.69) is 109 Å². The van der Waals surface area contributed by atoms with Crippen molar-refractivity contribution in [2.75, 3.05) is 7.11 Å². The third-order valence-electron chi connectivity index (χ3n) is 5.13. The van der Waals surface area contributed by atoms with E-state index in [9.17, 15) is 0 Å². The Hall–Kier alpha value is -2.89. The molecule has 0 fully saturated rings. The van der Waals surface area contributed by atoms with Crippen molar-refractivity contribution in [3.8, 4) is 5.75 Å². The molecule has 0 spiro atoms. The average Bonchev–Trinajstić information content (AvgIpc) is 2.77. The molecule has 134 valence electrons. The van der Waals surface area contributed by atoms with Gasteiger partial charge in [0.05, 0.1) is 0 Å². The summed E-state index contributed by atoms with van der Waals surface area (Å²) in [5, 5.41) is 5.34. The molecule has 0 aliphatic rings. The van der Waals surface area contributed by atoms with E-state index in [4.69, 9.17) is 4.74 Å². The van der Waals surface area contributed by atoms with E-state index in [1.54, 1.807) is 7.11 Å². The fourth-order valence-electron chi connectivity index (χ4n) is 3.99. The number of ether oxygens (including phenoxy) is 1. The quantitative estimate of drug-likeness (QED) is 0.482. The maximum absolute atomic E-state index is 5.85. The van der Waals surface area contributed by atoms with E-state index in [-0.39, 0.29) is 0 Å². The molecule has 1 nitrogen and oxygen atoms in total. The van der Waals surface area contributed by atoms with Crippen LogP contribution in [0, 0.1) is 0 Å². The Labute approximate surface area is 161 Å². The van der Waals surface area contributed by atoms with Crippen LogP contribution in [0.1, 0.15) is 0 Å². The Kier molecular flexibility index (Phi) is 5.05. The Morgan fingerprint density at radius 3 is 1.26 bits per heavy atom. The first-order valence-corrected chi connectivity index (χ1v) is 11.2. The van der Waals surface area contributed by atoms with Gasteiger partial charge in [-0.1, -0.05) is 0 Å². The summed E-state index contributed by atoms with van der Waals surface area (Å²) in [5.41, 5.74) is 0. The van der Waals surface area contributed by atoms with Crippen LogP contribution in [0.15, 0.2) is 115 Å². The van der Waals surface area contributed by atoms with Gasteiger partial charge in [0.25, 0.3) is 0 Å². The second-order valence-electron chi connectivity index (χ2n) is 6.55. The molecule has 0 aromatic heterocycles. The molecule has 0 saturated heterocycles. The zero-order chi connectivity index (χ0) is 18.5. The minimum absolute atomic E-state index is 0.945. The van der Waals surface area contributed by atoms with Crippen molar-refractivity contribution < 1.29 is 4.74 Å². The Morgan fingerprint density at radius 1 is 0.481 bits per heavy atom. The van der Waals surface area contributed by atoms with Crippen LogP contribution in [0.25, 0.3) is 0 Å². The van der Waals surface area contributed by atoms with Gasteiger partial charge in [-0.05, 0) is 0 Å². The molecule has 0 aliphatic carbocycles. The predicted octanol–water partition coefficient (Wildman–Crippen LogP) is 4.05. The van der Waals surface area contributed by atoms with Crippen LogP contribution in [-0.4, -0.2) is 7.11 Å². The van der Waals surface area contributed by atoms with Gasteiger partial charge in [0, 0.05) is 0 Å². The van der Waals surface area contributed by atoms with E-state index in [1.807, 2.05) is 6.07 Å². The van der Waals surface area contributed by atoms with Crippen LogP contribution < -0.4 is 26.0 Å². The van der Waals surface area contributed by atoms with Gasteiger partial charge in [-0.25, -0.2) is 0 Å². The molecule has 0 heterocycles. The third-order valence-corrected chi connectivity index (χ3v) is 9.95. The van der Waals surface area contributed by atoms with Gasteiger partial charge < -0.3 is 0 Å². The summed E-state index contributed by atoms with van der Waals surface area (Å²) >= 11 is 0. The van der Waals surface area contributed by atoms with Crippen molar-refractivity contribution in [1.82, 2.24) is 0 Å². The number of hydrogen-bond acceptors (Lipinski definition) is 1. The first-order chi connectivity index (χ1) is 13.4. The van der Waals surface area contributed by atoms with Crippen LogP contribution in [0.4, 0.5) is 0 Å². The molecule has 0 saturated carbocycles. The van der Waals surface area contributed by atoms with Crippen molar-refractivity contribution in [3.63, 3.8) is 0 Å². The SMILES string of the molecule is COc1ccccc1[PH](c1ccccc1)(c1ccccc1)c1ccccc1. The monoisotopic (exact) mass is 370 g/mol. The Morgan fingerprint density at radius 2 is 0.852 bits per heavy atom. The summed E-state index contributed by atoms with van der Waals surface area (Å²) in [6.07, 6.45) is 0. The van der Waals surface area contributed by atoms with Gasteiger partial charge in [0.1, 0.15) is 0 Å². The number of methoxy groups -OCH3 is 1. The summed E-state index contributed by atoms with van der Waals surface area (Å²) in [6.45, 7) is 0. The molecule has 0 aliphatic heterocycles. The zero-order valence-corrected chi connectivity index (χ0v) is 16.4. The van der Waals surface area contributed by atoms with Crippen LogP contribution in [0.2, 0.25) is 0 Å². The summed E-state index contributed by atoms with van der Waals surface area (Å²) in [6, 6.07) is 41.1. The van der Waals surface area contributed by atoms with Crippen molar-refractivity contribution >= 4 is 28.5 Å². The average molecular weight is 370 g/mol. The first-order valence-electron chi connectivity index (χ1n) is 9.17. The molecule has 0 atom stereocenters. The van der Waals surface area contributed by atoms with Gasteiger partial charge in [0.2, 0.25) is 0 Å². The normalized spacial score (nSPS) is 11.7. The minimum atomic E-state index is -2.49. The van der Waals surface area contributed by atoms with E-state index >= 15 is 0 Å². The number of para-hydroxylation sites is 1. The molecular formula is C25H23OP. The first kappa shape index (κ1) is 17.5. The van der Waals surface area contributed by atoms with Gasteiger partial charge in [-0.15, -0.1) is 0 Å². The summed E-state index contributed by atoms with van der Waals surface area (Å²) in [5.74, 6) is 0.945. The second-order valence-corrected chi connectivity index (χ2v) is 10.3. The maximum atomic E-state index is 5.85. The number of benzene rings is 4. The molecule has 4 rings (SSSR count). The van der Waals surface area contributed by atoms with E-state index in [0.717, 1.165) is 5.75 Å². The molecule has 4 aromatic rings. The summed E-state index contributed by atoms with van der Waals surface area (Å²) in [4.78, 5) is 0. The third kappa shape index (κ3) is 3.05. The Balaban J connectivity index is 2.17. The molecule has 4 aromatic carbocycles. The second kappa shape index (κ2) is 7.78. The summed E-state index contributed by atoms with van der Waals surface area (Å²) < 4.78 is 5.85. The number of hydrogen-bond donors (Lipinski definition) is 0. The van der Waals surface area contributed by atoms with E-state index in [0.29, 0.717) is 0 Å². The molecule has 0 N–H and O–H groups in total.